The predicted octanol–water partition coefficient (Wildman–Crippen LogP) is 3.80. The highest BCUT2D eigenvalue weighted by molar-refractivity contribution is 5.93. The van der Waals surface area contributed by atoms with Gasteiger partial charge in [0, 0.05) is 18.2 Å². The molecule has 0 aromatic heterocycles. The second-order valence-electron chi connectivity index (χ2n) is 7.58. The molecule has 3 aromatic carbocycles. The summed E-state index contributed by atoms with van der Waals surface area (Å²) in [7, 11) is 0. The lowest BCUT2D eigenvalue weighted by Gasteiger charge is -2.29. The van der Waals surface area contributed by atoms with Crippen LogP contribution in [0.15, 0.2) is 66.7 Å². The van der Waals surface area contributed by atoms with Crippen LogP contribution in [-0.4, -0.2) is 30.1 Å². The molecule has 0 spiro atoms. The summed E-state index contributed by atoms with van der Waals surface area (Å²) in [5.74, 6) is -1.35. The van der Waals surface area contributed by atoms with Gasteiger partial charge in [-0.3, -0.25) is 9.59 Å². The Morgan fingerprint density at radius 3 is 2.66 bits per heavy atom. The van der Waals surface area contributed by atoms with E-state index in [1.54, 1.807) is 0 Å². The first-order valence-corrected chi connectivity index (χ1v) is 9.91. The largest absolute Gasteiger partial charge is 0.481 e. The molecule has 1 amide bonds. The molecule has 3 aromatic rings. The van der Waals surface area contributed by atoms with E-state index in [9.17, 15) is 14.7 Å². The summed E-state index contributed by atoms with van der Waals surface area (Å²) in [6, 6.07) is 21.7. The zero-order valence-electron chi connectivity index (χ0n) is 16.1. The summed E-state index contributed by atoms with van der Waals surface area (Å²) in [4.78, 5) is 24.2. The summed E-state index contributed by atoms with van der Waals surface area (Å²) in [6.45, 7) is 1.35. The third-order valence-corrected chi connectivity index (χ3v) is 5.58. The van der Waals surface area contributed by atoms with Crippen LogP contribution < -0.4 is 10.6 Å². The second-order valence-corrected chi connectivity index (χ2v) is 7.58. The van der Waals surface area contributed by atoms with Crippen LogP contribution in [0.3, 0.4) is 0 Å². The fourth-order valence-electron chi connectivity index (χ4n) is 4.09. The molecule has 148 valence electrons. The van der Waals surface area contributed by atoms with Crippen molar-refractivity contribution in [2.75, 3.05) is 18.4 Å². The van der Waals surface area contributed by atoms with Crippen molar-refractivity contribution < 1.29 is 14.7 Å². The second kappa shape index (κ2) is 8.45. The van der Waals surface area contributed by atoms with Crippen molar-refractivity contribution in [2.24, 2.45) is 5.92 Å². The van der Waals surface area contributed by atoms with Crippen molar-refractivity contribution in [3.63, 3.8) is 0 Å². The van der Waals surface area contributed by atoms with Crippen LogP contribution in [-0.2, 0) is 16.0 Å². The Morgan fingerprint density at radius 1 is 1.00 bits per heavy atom. The Balaban J connectivity index is 1.46. The predicted molar refractivity (Wildman–Crippen MR) is 114 cm³/mol. The van der Waals surface area contributed by atoms with Gasteiger partial charge in [-0.05, 0) is 47.0 Å². The van der Waals surface area contributed by atoms with E-state index in [0.29, 0.717) is 18.7 Å². The van der Waals surface area contributed by atoms with E-state index in [-0.39, 0.29) is 18.2 Å². The van der Waals surface area contributed by atoms with Crippen LogP contribution in [0.2, 0.25) is 0 Å². The van der Waals surface area contributed by atoms with Gasteiger partial charge in [-0.1, -0.05) is 54.6 Å². The van der Waals surface area contributed by atoms with Crippen LogP contribution in [0.4, 0.5) is 5.69 Å². The SMILES string of the molecule is O=C(Cc1ccc2ccccc2c1)Nc1cccc(C2CNCCC2C(=O)O)c1. The van der Waals surface area contributed by atoms with Gasteiger partial charge in [-0.15, -0.1) is 0 Å². The van der Waals surface area contributed by atoms with Gasteiger partial charge in [-0.2, -0.15) is 0 Å². The van der Waals surface area contributed by atoms with Gasteiger partial charge in [0.1, 0.15) is 0 Å². The summed E-state index contributed by atoms with van der Waals surface area (Å²) < 4.78 is 0. The number of amides is 1. The average Bonchev–Trinajstić information content (AvgIpc) is 2.73. The molecule has 4 rings (SSSR count). The standard InChI is InChI=1S/C24H24N2O3/c27-23(13-16-8-9-17-4-1-2-5-18(17)12-16)26-20-7-3-6-19(14-20)22-15-25-11-10-21(22)24(28)29/h1-9,12,14,21-22,25H,10-11,13,15H2,(H,26,27)(H,28,29). The fourth-order valence-corrected chi connectivity index (χ4v) is 4.09. The van der Waals surface area contributed by atoms with Crippen molar-refractivity contribution in [2.45, 2.75) is 18.8 Å². The molecular weight excluding hydrogens is 364 g/mol. The number of carbonyl (C=O) groups is 2. The zero-order chi connectivity index (χ0) is 20.2. The number of nitrogens with one attached hydrogen (secondary N) is 2. The van der Waals surface area contributed by atoms with Crippen molar-refractivity contribution in [1.29, 1.82) is 0 Å². The number of piperidine rings is 1. The van der Waals surface area contributed by atoms with E-state index in [1.165, 1.54) is 0 Å². The number of hydrogen-bond donors (Lipinski definition) is 3. The molecule has 3 N–H and O–H groups in total. The first kappa shape index (κ1) is 19.2. The first-order valence-electron chi connectivity index (χ1n) is 9.91. The fraction of sp³-hybridized carbons (Fsp3) is 0.250. The molecule has 1 aliphatic rings. The van der Waals surface area contributed by atoms with Gasteiger partial charge in [0.2, 0.25) is 5.91 Å². The van der Waals surface area contributed by atoms with Gasteiger partial charge in [0.15, 0.2) is 0 Å². The molecule has 0 radical (unpaired) electrons. The van der Waals surface area contributed by atoms with Gasteiger partial charge >= 0.3 is 5.97 Å². The number of aliphatic carboxylic acids is 1. The van der Waals surface area contributed by atoms with Crippen LogP contribution in [0.5, 0.6) is 0 Å². The number of hydrogen-bond acceptors (Lipinski definition) is 3. The van der Waals surface area contributed by atoms with Crippen LogP contribution in [0, 0.1) is 5.92 Å². The molecule has 5 nitrogen and oxygen atoms in total. The molecular formula is C24H24N2O3. The summed E-state index contributed by atoms with van der Waals surface area (Å²) in [6.07, 6.45) is 0.899. The van der Waals surface area contributed by atoms with Crippen LogP contribution in [0.25, 0.3) is 10.8 Å². The van der Waals surface area contributed by atoms with Crippen LogP contribution >= 0.6 is 0 Å². The molecule has 0 bridgehead atoms. The summed E-state index contributed by atoms with van der Waals surface area (Å²) in [5.41, 5.74) is 2.59. The highest BCUT2D eigenvalue weighted by atomic mass is 16.4. The third-order valence-electron chi connectivity index (χ3n) is 5.58. The quantitative estimate of drug-likeness (QED) is 0.621. The molecule has 1 fully saturated rings. The lowest BCUT2D eigenvalue weighted by molar-refractivity contribution is -0.143. The van der Waals surface area contributed by atoms with Crippen molar-refractivity contribution >= 4 is 28.3 Å². The normalized spacial score (nSPS) is 19.0. The van der Waals surface area contributed by atoms with E-state index < -0.39 is 11.9 Å². The van der Waals surface area contributed by atoms with Gasteiger partial charge in [0.05, 0.1) is 12.3 Å². The Labute approximate surface area is 169 Å². The van der Waals surface area contributed by atoms with E-state index in [2.05, 4.69) is 16.7 Å². The van der Waals surface area contributed by atoms with Gasteiger partial charge in [0.25, 0.3) is 0 Å². The Kier molecular flexibility index (Phi) is 5.58. The molecule has 1 aliphatic heterocycles. The molecule has 2 atom stereocenters. The monoisotopic (exact) mass is 388 g/mol. The van der Waals surface area contributed by atoms with Crippen LogP contribution in [0.1, 0.15) is 23.5 Å². The lowest BCUT2D eigenvalue weighted by Crippen LogP contribution is -2.38. The minimum atomic E-state index is -0.762. The van der Waals surface area contributed by atoms with Crippen molar-refractivity contribution in [1.82, 2.24) is 5.32 Å². The average molecular weight is 388 g/mol. The van der Waals surface area contributed by atoms with E-state index in [1.807, 2.05) is 60.7 Å². The topological polar surface area (TPSA) is 78.4 Å². The van der Waals surface area contributed by atoms with E-state index in [4.69, 9.17) is 0 Å². The van der Waals surface area contributed by atoms with Gasteiger partial charge in [-0.25, -0.2) is 0 Å². The Morgan fingerprint density at radius 2 is 1.83 bits per heavy atom. The first-order chi connectivity index (χ1) is 14.1. The number of rotatable bonds is 5. The Bertz CT molecular complexity index is 1050. The summed E-state index contributed by atoms with van der Waals surface area (Å²) >= 11 is 0. The Hall–Kier alpha value is -3.18. The minimum Gasteiger partial charge on any atom is -0.481 e. The number of carboxylic acids is 1. The number of benzene rings is 3. The van der Waals surface area contributed by atoms with Crippen molar-refractivity contribution in [3.05, 3.63) is 77.9 Å². The minimum absolute atomic E-state index is 0.0889. The molecule has 29 heavy (non-hydrogen) atoms. The molecule has 1 saturated heterocycles. The molecule has 1 heterocycles. The highest BCUT2D eigenvalue weighted by Crippen LogP contribution is 2.31. The zero-order valence-corrected chi connectivity index (χ0v) is 16.1. The maximum Gasteiger partial charge on any atom is 0.307 e. The third kappa shape index (κ3) is 4.46. The highest BCUT2D eigenvalue weighted by Gasteiger charge is 2.31. The summed E-state index contributed by atoms with van der Waals surface area (Å²) in [5, 5.41) is 18.0. The number of anilines is 1. The molecule has 2 unspecified atom stereocenters. The molecule has 0 saturated carbocycles. The maximum absolute atomic E-state index is 12.6. The lowest BCUT2D eigenvalue weighted by atomic mass is 9.81. The smallest absolute Gasteiger partial charge is 0.307 e. The van der Waals surface area contributed by atoms with Gasteiger partial charge < -0.3 is 15.7 Å². The van der Waals surface area contributed by atoms with E-state index in [0.717, 1.165) is 28.4 Å². The number of carboxylic acid groups (broad SMARTS) is 1. The molecule has 0 aliphatic carbocycles. The maximum atomic E-state index is 12.6. The van der Waals surface area contributed by atoms with E-state index >= 15 is 0 Å². The molecule has 5 heteroatoms. The van der Waals surface area contributed by atoms with Crippen molar-refractivity contribution in [3.8, 4) is 0 Å². The number of fused-ring (bicyclic) bond motifs is 1. The number of carbonyl (C=O) groups excluding carboxylic acids is 1.